The summed E-state index contributed by atoms with van der Waals surface area (Å²) < 4.78 is 13.3. The molecule has 0 radical (unpaired) electrons. The van der Waals surface area contributed by atoms with Gasteiger partial charge in [0.25, 0.3) is 0 Å². The van der Waals surface area contributed by atoms with Gasteiger partial charge in [0.2, 0.25) is 5.91 Å². The Labute approximate surface area is 143 Å². The second-order valence-electron chi connectivity index (χ2n) is 5.92. The van der Waals surface area contributed by atoms with E-state index in [0.717, 1.165) is 0 Å². The fourth-order valence-corrected chi connectivity index (χ4v) is 3.06. The first kappa shape index (κ1) is 18.1. The van der Waals surface area contributed by atoms with Crippen molar-refractivity contribution in [2.24, 2.45) is 5.92 Å². The van der Waals surface area contributed by atoms with Gasteiger partial charge >= 0.3 is 5.97 Å². The van der Waals surface area contributed by atoms with Crippen LogP contribution in [-0.4, -0.2) is 28.0 Å². The predicted octanol–water partition coefficient (Wildman–Crippen LogP) is 3.11. The highest BCUT2D eigenvalue weighted by molar-refractivity contribution is 7.13. The Morgan fingerprint density at radius 2 is 2.12 bits per heavy atom. The number of carbonyl (C=O) groups is 2. The summed E-state index contributed by atoms with van der Waals surface area (Å²) in [5.74, 6) is -1.62. The third-order valence-electron chi connectivity index (χ3n) is 3.31. The lowest BCUT2D eigenvalue weighted by Gasteiger charge is -2.16. The van der Waals surface area contributed by atoms with Crippen molar-refractivity contribution in [2.45, 2.75) is 32.7 Å². The number of carbonyl (C=O) groups excluding carboxylic acids is 1. The second kappa shape index (κ2) is 8.01. The Balaban J connectivity index is 2.01. The van der Waals surface area contributed by atoms with Crippen molar-refractivity contribution in [3.8, 4) is 10.6 Å². The number of hydrogen-bond acceptors (Lipinski definition) is 4. The van der Waals surface area contributed by atoms with Crippen LogP contribution in [0.25, 0.3) is 10.6 Å². The molecule has 5 nitrogen and oxygen atoms in total. The highest BCUT2D eigenvalue weighted by Gasteiger charge is 2.21. The van der Waals surface area contributed by atoms with Gasteiger partial charge in [0.1, 0.15) is 16.9 Å². The number of rotatable bonds is 7. The topological polar surface area (TPSA) is 79.3 Å². The van der Waals surface area contributed by atoms with Crippen molar-refractivity contribution in [1.82, 2.24) is 10.3 Å². The van der Waals surface area contributed by atoms with Crippen LogP contribution in [0.3, 0.4) is 0 Å². The molecule has 0 aliphatic heterocycles. The largest absolute Gasteiger partial charge is 0.480 e. The first-order chi connectivity index (χ1) is 11.3. The van der Waals surface area contributed by atoms with Crippen molar-refractivity contribution < 1.29 is 19.1 Å². The van der Waals surface area contributed by atoms with Gasteiger partial charge in [-0.05, 0) is 24.5 Å². The summed E-state index contributed by atoms with van der Waals surface area (Å²) >= 11 is 1.32. The zero-order valence-corrected chi connectivity index (χ0v) is 14.3. The van der Waals surface area contributed by atoms with E-state index in [9.17, 15) is 14.0 Å². The van der Waals surface area contributed by atoms with Gasteiger partial charge in [0, 0.05) is 10.9 Å². The molecule has 7 heteroatoms. The van der Waals surface area contributed by atoms with Gasteiger partial charge in [-0.15, -0.1) is 11.3 Å². The summed E-state index contributed by atoms with van der Waals surface area (Å²) in [6.07, 6.45) is 0.361. The first-order valence-corrected chi connectivity index (χ1v) is 8.45. The summed E-state index contributed by atoms with van der Waals surface area (Å²) in [5.41, 5.74) is 1.18. The van der Waals surface area contributed by atoms with Gasteiger partial charge in [-0.3, -0.25) is 4.79 Å². The van der Waals surface area contributed by atoms with Gasteiger partial charge < -0.3 is 10.4 Å². The van der Waals surface area contributed by atoms with E-state index in [1.165, 1.54) is 23.5 Å². The van der Waals surface area contributed by atoms with Crippen molar-refractivity contribution >= 4 is 23.2 Å². The lowest BCUT2D eigenvalue weighted by atomic mass is 10.0. The first-order valence-electron chi connectivity index (χ1n) is 7.57. The molecule has 0 saturated heterocycles. The molecule has 1 atom stereocenters. The Hall–Kier alpha value is -2.28. The molecule has 2 aromatic rings. The lowest BCUT2D eigenvalue weighted by Crippen LogP contribution is -2.42. The molecule has 1 heterocycles. The third kappa shape index (κ3) is 5.13. The highest BCUT2D eigenvalue weighted by atomic mass is 32.1. The minimum atomic E-state index is -1.05. The molecule has 0 unspecified atom stereocenters. The molecule has 1 amide bonds. The zero-order chi connectivity index (χ0) is 17.7. The SMILES string of the molecule is CC(C)C[C@@H](NC(=O)Cc1csc(-c2cccc(F)c2)n1)C(=O)O. The van der Waals surface area contributed by atoms with Gasteiger partial charge in [-0.25, -0.2) is 14.2 Å². The van der Waals surface area contributed by atoms with E-state index < -0.39 is 12.0 Å². The lowest BCUT2D eigenvalue weighted by molar-refractivity contribution is -0.142. The van der Waals surface area contributed by atoms with Crippen molar-refractivity contribution in [2.75, 3.05) is 0 Å². The number of carboxylic acids is 1. The van der Waals surface area contributed by atoms with Crippen molar-refractivity contribution in [3.05, 3.63) is 41.2 Å². The Morgan fingerprint density at radius 1 is 1.38 bits per heavy atom. The smallest absolute Gasteiger partial charge is 0.326 e. The number of aliphatic carboxylic acids is 1. The normalized spacial score (nSPS) is 12.2. The number of hydrogen-bond donors (Lipinski definition) is 2. The van der Waals surface area contributed by atoms with Crippen LogP contribution in [-0.2, 0) is 16.0 Å². The van der Waals surface area contributed by atoms with E-state index in [-0.39, 0.29) is 24.1 Å². The third-order valence-corrected chi connectivity index (χ3v) is 4.25. The van der Waals surface area contributed by atoms with E-state index >= 15 is 0 Å². The second-order valence-corrected chi connectivity index (χ2v) is 6.78. The molecule has 0 aliphatic carbocycles. The monoisotopic (exact) mass is 350 g/mol. The van der Waals surface area contributed by atoms with E-state index in [4.69, 9.17) is 5.11 Å². The maximum Gasteiger partial charge on any atom is 0.326 e. The molecule has 0 spiro atoms. The molecule has 1 aromatic heterocycles. The Bertz CT molecular complexity index is 730. The van der Waals surface area contributed by atoms with Crippen LogP contribution in [0.5, 0.6) is 0 Å². The molecule has 0 bridgehead atoms. The number of nitrogens with one attached hydrogen (secondary N) is 1. The number of thiazole rings is 1. The van der Waals surface area contributed by atoms with Crippen LogP contribution >= 0.6 is 11.3 Å². The summed E-state index contributed by atoms with van der Waals surface area (Å²) in [6, 6.07) is 5.17. The highest BCUT2D eigenvalue weighted by Crippen LogP contribution is 2.24. The maximum absolute atomic E-state index is 13.3. The fraction of sp³-hybridized carbons (Fsp3) is 0.353. The minimum Gasteiger partial charge on any atom is -0.480 e. The number of carboxylic acid groups (broad SMARTS) is 1. The average molecular weight is 350 g/mol. The van der Waals surface area contributed by atoms with Gasteiger partial charge in [-0.2, -0.15) is 0 Å². The number of nitrogens with zero attached hydrogens (tertiary/aromatic N) is 1. The average Bonchev–Trinajstić information content (AvgIpc) is 2.94. The molecule has 1 aromatic carbocycles. The summed E-state index contributed by atoms with van der Waals surface area (Å²) in [7, 11) is 0. The fourth-order valence-electron chi connectivity index (χ4n) is 2.25. The van der Waals surface area contributed by atoms with Crippen LogP contribution in [0.2, 0.25) is 0 Å². The van der Waals surface area contributed by atoms with Gasteiger partial charge in [-0.1, -0.05) is 26.0 Å². The van der Waals surface area contributed by atoms with E-state index in [1.54, 1.807) is 17.5 Å². The van der Waals surface area contributed by atoms with Crippen LogP contribution in [0, 0.1) is 11.7 Å². The van der Waals surface area contributed by atoms with E-state index in [0.29, 0.717) is 22.7 Å². The van der Waals surface area contributed by atoms with Gasteiger partial charge in [0.05, 0.1) is 12.1 Å². The standard InChI is InChI=1S/C17H19FN2O3S/c1-10(2)6-14(17(22)23)20-15(21)8-13-9-24-16(19-13)11-4-3-5-12(18)7-11/h3-5,7,9-10,14H,6,8H2,1-2H3,(H,20,21)(H,22,23)/t14-/m1/s1. The summed E-state index contributed by atoms with van der Waals surface area (Å²) in [6.45, 7) is 3.79. The molecule has 0 fully saturated rings. The van der Waals surface area contributed by atoms with Crippen LogP contribution < -0.4 is 5.32 Å². The minimum absolute atomic E-state index is 0.00626. The number of aromatic nitrogens is 1. The molecule has 24 heavy (non-hydrogen) atoms. The Kier molecular flexibility index (Phi) is 6.03. The maximum atomic E-state index is 13.3. The van der Waals surface area contributed by atoms with E-state index in [1.807, 2.05) is 13.8 Å². The van der Waals surface area contributed by atoms with Crippen LogP contribution in [0.4, 0.5) is 4.39 Å². The molecular formula is C17H19FN2O3S. The van der Waals surface area contributed by atoms with Crippen LogP contribution in [0.1, 0.15) is 26.0 Å². The molecular weight excluding hydrogens is 331 g/mol. The van der Waals surface area contributed by atoms with Crippen LogP contribution in [0.15, 0.2) is 29.6 Å². The summed E-state index contributed by atoms with van der Waals surface area (Å²) in [5, 5.41) is 14.0. The van der Waals surface area contributed by atoms with Gasteiger partial charge in [0.15, 0.2) is 0 Å². The predicted molar refractivity (Wildman–Crippen MR) is 90.2 cm³/mol. The number of amides is 1. The zero-order valence-electron chi connectivity index (χ0n) is 13.5. The molecule has 0 saturated carbocycles. The quantitative estimate of drug-likeness (QED) is 0.804. The number of halogens is 1. The summed E-state index contributed by atoms with van der Waals surface area (Å²) in [4.78, 5) is 27.5. The number of benzene rings is 1. The molecule has 0 aliphatic rings. The van der Waals surface area contributed by atoms with Crippen molar-refractivity contribution in [1.29, 1.82) is 0 Å². The van der Waals surface area contributed by atoms with Crippen molar-refractivity contribution in [3.63, 3.8) is 0 Å². The molecule has 128 valence electrons. The molecule has 2 N–H and O–H groups in total. The van der Waals surface area contributed by atoms with E-state index in [2.05, 4.69) is 10.3 Å². The molecule has 2 rings (SSSR count). The Morgan fingerprint density at radius 3 is 2.75 bits per heavy atom.